The third-order valence-electron chi connectivity index (χ3n) is 3.13. The molecule has 1 heterocycles. The maximum atomic E-state index is 12.2. The lowest BCUT2D eigenvalue weighted by Crippen LogP contribution is -2.24. The molecule has 2 aromatic rings. The van der Waals surface area contributed by atoms with Crippen LogP contribution in [0.4, 0.5) is 11.4 Å². The van der Waals surface area contributed by atoms with Gasteiger partial charge in [-0.1, -0.05) is 6.07 Å². The number of thiophene rings is 1. The van der Waals surface area contributed by atoms with E-state index in [-0.39, 0.29) is 11.3 Å². The summed E-state index contributed by atoms with van der Waals surface area (Å²) in [5.41, 5.74) is 2.28. The van der Waals surface area contributed by atoms with Gasteiger partial charge in [0.25, 0.3) is 5.91 Å². The average molecular weight is 305 g/mol. The number of aryl methyl sites for hydroxylation is 1. The summed E-state index contributed by atoms with van der Waals surface area (Å²) in [5, 5.41) is 20.6. The van der Waals surface area contributed by atoms with Crippen molar-refractivity contribution in [2.45, 2.75) is 13.5 Å². The zero-order valence-corrected chi connectivity index (χ0v) is 12.5. The highest BCUT2D eigenvalue weighted by molar-refractivity contribution is 7.08. The van der Waals surface area contributed by atoms with Crippen molar-refractivity contribution in [3.05, 3.63) is 55.8 Å². The first-order valence-electron chi connectivity index (χ1n) is 6.29. The van der Waals surface area contributed by atoms with Gasteiger partial charge in [-0.25, -0.2) is 0 Å². The monoisotopic (exact) mass is 305 g/mol. The van der Waals surface area contributed by atoms with Crippen LogP contribution in [-0.2, 0) is 6.54 Å². The highest BCUT2D eigenvalue weighted by atomic mass is 32.1. The molecule has 1 aromatic heterocycles. The molecule has 0 bridgehead atoms. The van der Waals surface area contributed by atoms with E-state index in [9.17, 15) is 14.9 Å². The fourth-order valence-electron chi connectivity index (χ4n) is 1.96. The first kappa shape index (κ1) is 15.0. The largest absolute Gasteiger partial charge is 0.383 e. The molecule has 1 aromatic carbocycles. The topological polar surface area (TPSA) is 84.3 Å². The molecule has 0 aliphatic rings. The molecule has 2 rings (SSSR count). The lowest BCUT2D eigenvalue weighted by atomic mass is 10.1. The number of benzene rings is 1. The molecule has 110 valence electrons. The summed E-state index contributed by atoms with van der Waals surface area (Å²) in [5.74, 6) is -0.454. The molecule has 0 saturated heterocycles. The fraction of sp³-hybridized carbons (Fsp3) is 0.214. The van der Waals surface area contributed by atoms with Gasteiger partial charge >= 0.3 is 5.69 Å². The molecule has 0 saturated carbocycles. The number of nitro groups is 1. The Morgan fingerprint density at radius 2 is 2.14 bits per heavy atom. The smallest absolute Gasteiger partial charge is 0.305 e. The highest BCUT2D eigenvalue weighted by Crippen LogP contribution is 2.28. The van der Waals surface area contributed by atoms with Crippen molar-refractivity contribution < 1.29 is 9.72 Å². The number of amides is 1. The van der Waals surface area contributed by atoms with E-state index in [2.05, 4.69) is 10.6 Å². The molecular weight excluding hydrogens is 290 g/mol. The second-order valence-electron chi connectivity index (χ2n) is 4.47. The highest BCUT2D eigenvalue weighted by Gasteiger charge is 2.23. The van der Waals surface area contributed by atoms with Gasteiger partial charge in [0.15, 0.2) is 0 Å². The van der Waals surface area contributed by atoms with E-state index < -0.39 is 10.8 Å². The van der Waals surface area contributed by atoms with Crippen molar-refractivity contribution in [3.8, 4) is 0 Å². The van der Waals surface area contributed by atoms with Crippen LogP contribution >= 0.6 is 11.3 Å². The van der Waals surface area contributed by atoms with E-state index in [0.717, 1.165) is 11.1 Å². The second-order valence-corrected chi connectivity index (χ2v) is 5.22. The van der Waals surface area contributed by atoms with Crippen molar-refractivity contribution >= 4 is 28.6 Å². The zero-order valence-electron chi connectivity index (χ0n) is 11.7. The molecule has 6 nitrogen and oxygen atoms in total. The molecule has 0 aliphatic carbocycles. The average Bonchev–Trinajstić information content (AvgIpc) is 2.89. The van der Waals surface area contributed by atoms with Crippen molar-refractivity contribution in [1.29, 1.82) is 0 Å². The summed E-state index contributed by atoms with van der Waals surface area (Å²) in [6, 6.07) is 4.64. The van der Waals surface area contributed by atoms with Crippen molar-refractivity contribution in [1.82, 2.24) is 5.32 Å². The standard InChI is InChI=1S/C14H15N3O3S/c1-9-7-21-8-10(9)6-16-14(18)11-4-3-5-12(15-2)13(11)17(19)20/h3-5,7-8,15H,6H2,1-2H3,(H,16,18). The number of carbonyl (C=O) groups is 1. The van der Waals surface area contributed by atoms with Gasteiger partial charge in [0.2, 0.25) is 0 Å². The summed E-state index contributed by atoms with van der Waals surface area (Å²) in [7, 11) is 1.58. The number of nitrogens with one attached hydrogen (secondary N) is 2. The summed E-state index contributed by atoms with van der Waals surface area (Å²) in [4.78, 5) is 22.8. The molecule has 0 fully saturated rings. The Morgan fingerprint density at radius 3 is 2.71 bits per heavy atom. The van der Waals surface area contributed by atoms with Gasteiger partial charge in [-0.15, -0.1) is 0 Å². The zero-order chi connectivity index (χ0) is 15.4. The quantitative estimate of drug-likeness (QED) is 0.657. The number of nitrogens with zero attached hydrogens (tertiary/aromatic N) is 1. The minimum atomic E-state index is -0.545. The molecule has 0 unspecified atom stereocenters. The third-order valence-corrected chi connectivity index (χ3v) is 4.04. The van der Waals surface area contributed by atoms with Gasteiger partial charge < -0.3 is 10.6 Å². The Labute approximate surface area is 126 Å². The number of anilines is 1. The molecule has 2 N–H and O–H groups in total. The van der Waals surface area contributed by atoms with Gasteiger partial charge in [0.05, 0.1) is 4.92 Å². The Hall–Kier alpha value is -2.41. The summed E-state index contributed by atoms with van der Waals surface area (Å²) in [6.07, 6.45) is 0. The number of hydrogen-bond donors (Lipinski definition) is 2. The van der Waals surface area contributed by atoms with Crippen LogP contribution in [0.2, 0.25) is 0 Å². The van der Waals surface area contributed by atoms with Gasteiger partial charge in [-0.2, -0.15) is 11.3 Å². The SMILES string of the molecule is CNc1cccc(C(=O)NCc2cscc2C)c1[N+](=O)[O-]. The second kappa shape index (κ2) is 6.36. The van der Waals surface area contributed by atoms with Crippen LogP contribution in [0.15, 0.2) is 29.0 Å². The maximum Gasteiger partial charge on any atom is 0.305 e. The number of para-hydroxylation sites is 1. The Morgan fingerprint density at radius 1 is 1.38 bits per heavy atom. The van der Waals surface area contributed by atoms with E-state index >= 15 is 0 Å². The molecule has 0 atom stereocenters. The van der Waals surface area contributed by atoms with Gasteiger partial charge in [-0.05, 0) is 40.9 Å². The van der Waals surface area contributed by atoms with Crippen molar-refractivity contribution in [2.24, 2.45) is 0 Å². The van der Waals surface area contributed by atoms with Crippen LogP contribution in [0.3, 0.4) is 0 Å². The lowest BCUT2D eigenvalue weighted by Gasteiger charge is -2.08. The van der Waals surface area contributed by atoms with Crippen molar-refractivity contribution in [3.63, 3.8) is 0 Å². The number of carbonyl (C=O) groups excluding carboxylic acids is 1. The van der Waals surface area contributed by atoms with E-state index in [1.165, 1.54) is 6.07 Å². The lowest BCUT2D eigenvalue weighted by molar-refractivity contribution is -0.384. The Kier molecular flexibility index (Phi) is 4.54. The third kappa shape index (κ3) is 3.19. The molecule has 0 spiro atoms. The van der Waals surface area contributed by atoms with Crippen LogP contribution in [0, 0.1) is 17.0 Å². The number of rotatable bonds is 5. The van der Waals surface area contributed by atoms with E-state index in [4.69, 9.17) is 0 Å². The van der Waals surface area contributed by atoms with Crippen molar-refractivity contribution in [2.75, 3.05) is 12.4 Å². The van der Waals surface area contributed by atoms with Gasteiger partial charge in [0.1, 0.15) is 11.3 Å². The predicted molar refractivity (Wildman–Crippen MR) is 82.9 cm³/mol. The minimum Gasteiger partial charge on any atom is -0.383 e. The molecule has 21 heavy (non-hydrogen) atoms. The molecule has 1 amide bonds. The predicted octanol–water partition coefficient (Wildman–Crippen LogP) is 2.94. The maximum absolute atomic E-state index is 12.2. The summed E-state index contributed by atoms with van der Waals surface area (Å²) in [6.45, 7) is 2.32. The number of nitro benzene ring substituents is 1. The molecule has 0 radical (unpaired) electrons. The molecule has 7 heteroatoms. The fourth-order valence-corrected chi connectivity index (χ4v) is 2.82. The summed E-state index contributed by atoms with van der Waals surface area (Å²) < 4.78 is 0. The van der Waals surface area contributed by atoms with E-state index in [1.54, 1.807) is 30.5 Å². The van der Waals surface area contributed by atoms with Crippen LogP contribution in [0.1, 0.15) is 21.5 Å². The van der Waals surface area contributed by atoms with E-state index in [1.807, 2.05) is 17.7 Å². The van der Waals surface area contributed by atoms with Gasteiger partial charge in [-0.3, -0.25) is 14.9 Å². The van der Waals surface area contributed by atoms with E-state index in [0.29, 0.717) is 12.2 Å². The van der Waals surface area contributed by atoms with Gasteiger partial charge in [0, 0.05) is 13.6 Å². The molecular formula is C14H15N3O3S. The van der Waals surface area contributed by atoms with Crippen LogP contribution < -0.4 is 10.6 Å². The first-order chi connectivity index (χ1) is 10.0. The first-order valence-corrected chi connectivity index (χ1v) is 7.24. The normalized spacial score (nSPS) is 10.2. The number of hydrogen-bond acceptors (Lipinski definition) is 5. The Bertz CT molecular complexity index is 682. The minimum absolute atomic E-state index is 0.0553. The molecule has 0 aliphatic heterocycles. The van der Waals surface area contributed by atoms with Crippen LogP contribution in [-0.4, -0.2) is 17.9 Å². The Balaban J connectivity index is 2.23. The van der Waals surface area contributed by atoms with Crippen LogP contribution in [0.5, 0.6) is 0 Å². The van der Waals surface area contributed by atoms with Crippen LogP contribution in [0.25, 0.3) is 0 Å². The summed E-state index contributed by atoms with van der Waals surface area (Å²) >= 11 is 1.56.